The number of carbonyl (C=O) groups excluding carboxylic acids is 1. The minimum absolute atomic E-state index is 0.123. The standard InChI is InChI=1S/C25H33N7O/c26-12-10-17-6-8-19(9-7-17)32-22(16-30-25(33)29-14-18-4-2-1-3-5-18)31-21-15-28-24-20(23(21)32)11-13-27-24/h11,13,15,17-19H,1-10,14,16H2,(H,27,28)(H2,29,30,33). The van der Waals surface area contributed by atoms with Crippen LogP contribution in [0.3, 0.4) is 0 Å². The number of H-pyrrole nitrogens is 1. The summed E-state index contributed by atoms with van der Waals surface area (Å²) in [7, 11) is 0. The maximum atomic E-state index is 12.5. The highest BCUT2D eigenvalue weighted by atomic mass is 16.2. The number of aromatic nitrogens is 4. The van der Waals surface area contributed by atoms with Crippen LogP contribution < -0.4 is 10.6 Å². The second kappa shape index (κ2) is 9.82. The minimum Gasteiger partial charge on any atom is -0.346 e. The van der Waals surface area contributed by atoms with Crippen molar-refractivity contribution in [2.75, 3.05) is 6.54 Å². The number of aromatic amines is 1. The highest BCUT2D eigenvalue weighted by Crippen LogP contribution is 2.37. The van der Waals surface area contributed by atoms with Gasteiger partial charge in [0.05, 0.1) is 24.3 Å². The van der Waals surface area contributed by atoms with Crippen LogP contribution in [0.15, 0.2) is 18.5 Å². The predicted molar refractivity (Wildman–Crippen MR) is 127 cm³/mol. The van der Waals surface area contributed by atoms with Crippen LogP contribution in [0.5, 0.6) is 0 Å². The molecule has 0 radical (unpaired) electrons. The molecular weight excluding hydrogens is 414 g/mol. The number of rotatable bonds is 6. The van der Waals surface area contributed by atoms with Gasteiger partial charge in [0.2, 0.25) is 0 Å². The molecule has 0 aromatic carbocycles. The molecule has 8 nitrogen and oxygen atoms in total. The fraction of sp³-hybridized carbons (Fsp3) is 0.600. The van der Waals surface area contributed by atoms with Crippen molar-refractivity contribution in [1.82, 2.24) is 30.2 Å². The molecule has 33 heavy (non-hydrogen) atoms. The zero-order chi connectivity index (χ0) is 22.6. The van der Waals surface area contributed by atoms with E-state index in [1.165, 1.54) is 32.1 Å². The van der Waals surface area contributed by atoms with Crippen molar-refractivity contribution in [2.24, 2.45) is 11.8 Å². The number of pyridine rings is 1. The first-order chi connectivity index (χ1) is 16.2. The second-order valence-corrected chi connectivity index (χ2v) is 9.73. The van der Waals surface area contributed by atoms with E-state index >= 15 is 0 Å². The summed E-state index contributed by atoms with van der Waals surface area (Å²) >= 11 is 0. The first-order valence-corrected chi connectivity index (χ1v) is 12.4. The van der Waals surface area contributed by atoms with Gasteiger partial charge < -0.3 is 20.2 Å². The third-order valence-corrected chi connectivity index (χ3v) is 7.55. The zero-order valence-corrected chi connectivity index (χ0v) is 19.1. The Hall–Kier alpha value is -3.08. The van der Waals surface area contributed by atoms with Crippen molar-refractivity contribution < 1.29 is 4.79 Å². The summed E-state index contributed by atoms with van der Waals surface area (Å²) < 4.78 is 2.33. The molecule has 174 valence electrons. The first kappa shape index (κ1) is 21.7. The normalized spacial score (nSPS) is 21.8. The molecule has 3 aromatic rings. The molecule has 0 atom stereocenters. The average molecular weight is 448 g/mol. The van der Waals surface area contributed by atoms with E-state index in [0.29, 0.717) is 30.8 Å². The van der Waals surface area contributed by atoms with Crippen LogP contribution >= 0.6 is 0 Å². The van der Waals surface area contributed by atoms with Gasteiger partial charge in [-0.15, -0.1) is 0 Å². The lowest BCUT2D eigenvalue weighted by Gasteiger charge is -2.30. The monoisotopic (exact) mass is 447 g/mol. The number of nitriles is 1. The van der Waals surface area contributed by atoms with E-state index in [-0.39, 0.29) is 6.03 Å². The van der Waals surface area contributed by atoms with Gasteiger partial charge in [0.15, 0.2) is 0 Å². The topological polar surface area (TPSA) is 111 Å². The van der Waals surface area contributed by atoms with Gasteiger partial charge in [-0.1, -0.05) is 19.3 Å². The maximum absolute atomic E-state index is 12.5. The van der Waals surface area contributed by atoms with Crippen LogP contribution in [0, 0.1) is 23.2 Å². The van der Waals surface area contributed by atoms with E-state index in [0.717, 1.165) is 60.1 Å². The number of imidazole rings is 1. The summed E-state index contributed by atoms with van der Waals surface area (Å²) in [6.07, 6.45) is 14.8. The van der Waals surface area contributed by atoms with Crippen LogP contribution in [0.4, 0.5) is 4.79 Å². The summed E-state index contributed by atoms with van der Waals surface area (Å²) in [5.41, 5.74) is 2.80. The summed E-state index contributed by atoms with van der Waals surface area (Å²) in [6.45, 7) is 1.13. The number of amides is 2. The molecule has 2 aliphatic carbocycles. The number of nitrogens with one attached hydrogen (secondary N) is 3. The minimum atomic E-state index is -0.123. The molecule has 0 bridgehead atoms. The molecular formula is C25H33N7O. The van der Waals surface area contributed by atoms with Crippen molar-refractivity contribution in [3.63, 3.8) is 0 Å². The Morgan fingerprint density at radius 3 is 2.73 bits per heavy atom. The van der Waals surface area contributed by atoms with Crippen molar-refractivity contribution >= 4 is 28.1 Å². The third-order valence-electron chi connectivity index (χ3n) is 7.55. The molecule has 0 unspecified atom stereocenters. The molecule has 3 N–H and O–H groups in total. The Morgan fingerprint density at radius 2 is 1.94 bits per heavy atom. The lowest BCUT2D eigenvalue weighted by atomic mass is 9.84. The highest BCUT2D eigenvalue weighted by Gasteiger charge is 2.27. The van der Waals surface area contributed by atoms with Gasteiger partial charge in [-0.2, -0.15) is 5.26 Å². The van der Waals surface area contributed by atoms with Gasteiger partial charge in [0, 0.05) is 30.6 Å². The summed E-state index contributed by atoms with van der Waals surface area (Å²) in [5.74, 6) is 1.96. The second-order valence-electron chi connectivity index (χ2n) is 9.73. The fourth-order valence-corrected chi connectivity index (χ4v) is 5.74. The van der Waals surface area contributed by atoms with Crippen LogP contribution in [0.1, 0.15) is 76.1 Å². The largest absolute Gasteiger partial charge is 0.346 e. The van der Waals surface area contributed by atoms with E-state index < -0.39 is 0 Å². The molecule has 0 aliphatic heterocycles. The van der Waals surface area contributed by atoms with Crippen LogP contribution in [-0.2, 0) is 6.54 Å². The van der Waals surface area contributed by atoms with E-state index in [2.05, 4.69) is 37.3 Å². The number of fused-ring (bicyclic) bond motifs is 3. The smallest absolute Gasteiger partial charge is 0.315 e. The Morgan fingerprint density at radius 1 is 1.12 bits per heavy atom. The van der Waals surface area contributed by atoms with Gasteiger partial charge in [-0.3, -0.25) is 0 Å². The van der Waals surface area contributed by atoms with Crippen LogP contribution in [0.2, 0.25) is 0 Å². The van der Waals surface area contributed by atoms with E-state index in [1.54, 1.807) is 0 Å². The predicted octanol–water partition coefficient (Wildman–Crippen LogP) is 4.94. The van der Waals surface area contributed by atoms with Gasteiger partial charge in [-0.05, 0) is 56.4 Å². The van der Waals surface area contributed by atoms with E-state index in [9.17, 15) is 4.79 Å². The Labute approximate surface area is 194 Å². The number of urea groups is 1. The van der Waals surface area contributed by atoms with Crippen LogP contribution in [0.25, 0.3) is 22.1 Å². The van der Waals surface area contributed by atoms with Crippen LogP contribution in [-0.4, -0.2) is 32.1 Å². The van der Waals surface area contributed by atoms with Crippen molar-refractivity contribution in [2.45, 2.75) is 76.8 Å². The highest BCUT2D eigenvalue weighted by molar-refractivity contribution is 6.01. The SMILES string of the molecule is N#CCC1CCC(n2c(CNC(=O)NCC3CCCCC3)nc3cnc4[nH]ccc4c32)CC1. The fourth-order valence-electron chi connectivity index (χ4n) is 5.74. The molecule has 5 rings (SSSR count). The third kappa shape index (κ3) is 4.68. The van der Waals surface area contributed by atoms with Crippen molar-refractivity contribution in [3.05, 3.63) is 24.3 Å². The quantitative estimate of drug-likeness (QED) is 0.497. The van der Waals surface area contributed by atoms with Gasteiger partial charge in [0.1, 0.15) is 17.0 Å². The molecule has 2 amide bonds. The molecule has 0 saturated heterocycles. The molecule has 0 spiro atoms. The number of hydrogen-bond acceptors (Lipinski definition) is 4. The number of hydrogen-bond donors (Lipinski definition) is 3. The molecule has 3 heterocycles. The molecule has 2 aliphatic rings. The maximum Gasteiger partial charge on any atom is 0.315 e. The lowest BCUT2D eigenvalue weighted by molar-refractivity contribution is 0.234. The van der Waals surface area contributed by atoms with Gasteiger partial charge in [0.25, 0.3) is 0 Å². The van der Waals surface area contributed by atoms with Crippen molar-refractivity contribution in [1.29, 1.82) is 5.26 Å². The summed E-state index contributed by atoms with van der Waals surface area (Å²) in [5, 5.41) is 16.2. The first-order valence-electron chi connectivity index (χ1n) is 12.4. The Balaban J connectivity index is 1.34. The molecule has 2 fully saturated rings. The average Bonchev–Trinajstić information content (AvgIpc) is 3.47. The summed E-state index contributed by atoms with van der Waals surface area (Å²) in [6, 6.07) is 4.57. The lowest BCUT2D eigenvalue weighted by Crippen LogP contribution is -2.38. The van der Waals surface area contributed by atoms with E-state index in [4.69, 9.17) is 10.2 Å². The Bertz CT molecular complexity index is 1140. The molecule has 2 saturated carbocycles. The molecule has 8 heteroatoms. The molecule has 3 aromatic heterocycles. The number of carbonyl (C=O) groups is 1. The van der Waals surface area contributed by atoms with E-state index in [1.807, 2.05) is 12.4 Å². The van der Waals surface area contributed by atoms with Gasteiger partial charge >= 0.3 is 6.03 Å². The number of nitrogens with zero attached hydrogens (tertiary/aromatic N) is 4. The Kier molecular flexibility index (Phi) is 6.47. The van der Waals surface area contributed by atoms with Gasteiger partial charge in [-0.25, -0.2) is 14.8 Å². The summed E-state index contributed by atoms with van der Waals surface area (Å²) in [4.78, 5) is 25.1. The van der Waals surface area contributed by atoms with Crippen molar-refractivity contribution in [3.8, 4) is 6.07 Å². The zero-order valence-electron chi connectivity index (χ0n) is 19.1.